The van der Waals surface area contributed by atoms with E-state index in [4.69, 9.17) is 0 Å². The number of thioether (sulfide) groups is 1. The Balaban J connectivity index is 2.55. The van der Waals surface area contributed by atoms with E-state index in [-0.39, 0.29) is 35.3 Å². The van der Waals surface area contributed by atoms with E-state index in [9.17, 15) is 19.7 Å². The molecule has 8 heteroatoms. The number of carbonyl (C=O) groups excluding carboxylic acids is 2. The normalized spacial score (nSPS) is 11.0. The van der Waals surface area contributed by atoms with Gasteiger partial charge in [-0.1, -0.05) is 0 Å². The Kier molecular flexibility index (Phi) is 7.21. The first-order chi connectivity index (χ1) is 11.1. The standard InChI is InChI=1S/C16H23N3O4S/c1-5-18(10-14(20)17-16(2,3)4)15(21)11-24-13-8-6-12(7-9-13)19(22)23/h6-9H,5,10-11H2,1-4H3,(H,17,20). The van der Waals surface area contributed by atoms with Crippen molar-refractivity contribution in [1.82, 2.24) is 10.2 Å². The monoisotopic (exact) mass is 353 g/mol. The molecule has 0 saturated carbocycles. The molecule has 1 N–H and O–H groups in total. The highest BCUT2D eigenvalue weighted by Gasteiger charge is 2.19. The largest absolute Gasteiger partial charge is 0.350 e. The molecule has 1 aromatic rings. The number of likely N-dealkylation sites (N-methyl/N-ethyl adjacent to an activating group) is 1. The van der Waals surface area contributed by atoms with Crippen molar-refractivity contribution in [3.63, 3.8) is 0 Å². The van der Waals surface area contributed by atoms with Gasteiger partial charge in [0.1, 0.15) is 0 Å². The van der Waals surface area contributed by atoms with Crippen LogP contribution in [0.15, 0.2) is 29.2 Å². The van der Waals surface area contributed by atoms with E-state index in [1.807, 2.05) is 27.7 Å². The molecule has 7 nitrogen and oxygen atoms in total. The molecule has 0 aliphatic carbocycles. The van der Waals surface area contributed by atoms with Gasteiger partial charge in [0.05, 0.1) is 17.2 Å². The molecule has 1 rings (SSSR count). The molecule has 0 unspecified atom stereocenters. The smallest absolute Gasteiger partial charge is 0.269 e. The van der Waals surface area contributed by atoms with Gasteiger partial charge in [0.15, 0.2) is 0 Å². The van der Waals surface area contributed by atoms with E-state index >= 15 is 0 Å². The summed E-state index contributed by atoms with van der Waals surface area (Å²) in [6.45, 7) is 7.93. The van der Waals surface area contributed by atoms with Crippen LogP contribution in [0.3, 0.4) is 0 Å². The lowest BCUT2D eigenvalue weighted by atomic mass is 10.1. The molecular weight excluding hydrogens is 330 g/mol. The minimum absolute atomic E-state index is 0.0136. The summed E-state index contributed by atoms with van der Waals surface area (Å²) < 4.78 is 0. The van der Waals surface area contributed by atoms with Crippen LogP contribution < -0.4 is 5.32 Å². The molecule has 2 amide bonds. The summed E-state index contributed by atoms with van der Waals surface area (Å²) in [5.74, 6) is -0.169. The number of benzene rings is 1. The van der Waals surface area contributed by atoms with Crippen LogP contribution in [0.2, 0.25) is 0 Å². The summed E-state index contributed by atoms with van der Waals surface area (Å²) in [5, 5.41) is 13.4. The number of hydrogen-bond donors (Lipinski definition) is 1. The minimum atomic E-state index is -0.466. The molecule has 0 spiro atoms. The number of carbonyl (C=O) groups is 2. The molecule has 1 aromatic carbocycles. The van der Waals surface area contributed by atoms with Gasteiger partial charge in [0.2, 0.25) is 11.8 Å². The van der Waals surface area contributed by atoms with Crippen molar-refractivity contribution in [3.05, 3.63) is 34.4 Å². The Bertz CT molecular complexity index is 596. The first kappa shape index (κ1) is 20.0. The van der Waals surface area contributed by atoms with Gasteiger partial charge < -0.3 is 10.2 Å². The van der Waals surface area contributed by atoms with Crippen LogP contribution in [-0.2, 0) is 9.59 Å². The maximum absolute atomic E-state index is 12.2. The molecule has 0 aliphatic heterocycles. The summed E-state index contributed by atoms with van der Waals surface area (Å²) in [4.78, 5) is 36.6. The zero-order chi connectivity index (χ0) is 18.3. The lowest BCUT2D eigenvalue weighted by Crippen LogP contribution is -2.47. The zero-order valence-corrected chi connectivity index (χ0v) is 15.2. The van der Waals surface area contributed by atoms with E-state index in [0.29, 0.717) is 6.54 Å². The van der Waals surface area contributed by atoms with Crippen LogP contribution >= 0.6 is 11.8 Å². The van der Waals surface area contributed by atoms with Crippen LogP contribution in [0.4, 0.5) is 5.69 Å². The quantitative estimate of drug-likeness (QED) is 0.462. The van der Waals surface area contributed by atoms with E-state index in [0.717, 1.165) is 4.90 Å². The summed E-state index contributed by atoms with van der Waals surface area (Å²) in [6, 6.07) is 6.03. The Morgan fingerprint density at radius 3 is 2.29 bits per heavy atom. The van der Waals surface area contributed by atoms with Crippen molar-refractivity contribution in [2.75, 3.05) is 18.8 Å². The highest BCUT2D eigenvalue weighted by molar-refractivity contribution is 8.00. The minimum Gasteiger partial charge on any atom is -0.350 e. The van der Waals surface area contributed by atoms with Crippen molar-refractivity contribution in [2.24, 2.45) is 0 Å². The van der Waals surface area contributed by atoms with Crippen LogP contribution in [-0.4, -0.2) is 46.0 Å². The van der Waals surface area contributed by atoms with E-state index in [2.05, 4.69) is 5.32 Å². The van der Waals surface area contributed by atoms with Crippen molar-refractivity contribution in [3.8, 4) is 0 Å². The van der Waals surface area contributed by atoms with Crippen molar-refractivity contribution in [1.29, 1.82) is 0 Å². The third-order valence-electron chi connectivity index (χ3n) is 2.99. The third-order valence-corrected chi connectivity index (χ3v) is 3.99. The molecule has 0 atom stereocenters. The van der Waals surface area contributed by atoms with Crippen LogP contribution in [0.5, 0.6) is 0 Å². The third kappa shape index (κ3) is 6.99. The molecule has 0 saturated heterocycles. The number of rotatable bonds is 7. The average molecular weight is 353 g/mol. The lowest BCUT2D eigenvalue weighted by Gasteiger charge is -2.25. The molecule has 0 bridgehead atoms. The van der Waals surface area contributed by atoms with E-state index in [1.54, 1.807) is 12.1 Å². The summed E-state index contributed by atoms with van der Waals surface area (Å²) in [7, 11) is 0. The fourth-order valence-corrected chi connectivity index (χ4v) is 2.71. The van der Waals surface area contributed by atoms with Crippen molar-refractivity contribution in [2.45, 2.75) is 38.1 Å². The van der Waals surface area contributed by atoms with Gasteiger partial charge in [-0.15, -0.1) is 11.8 Å². The molecule has 0 radical (unpaired) electrons. The second-order valence-electron chi connectivity index (χ2n) is 6.25. The molecular formula is C16H23N3O4S. The number of amides is 2. The summed E-state index contributed by atoms with van der Waals surface area (Å²) in [6.07, 6.45) is 0. The fraction of sp³-hybridized carbons (Fsp3) is 0.500. The Labute approximate surface area is 145 Å². The molecule has 132 valence electrons. The van der Waals surface area contributed by atoms with Crippen LogP contribution in [0.1, 0.15) is 27.7 Å². The fourth-order valence-electron chi connectivity index (χ4n) is 1.91. The summed E-state index contributed by atoms with van der Waals surface area (Å²) in [5.41, 5.74) is -0.327. The van der Waals surface area contributed by atoms with Gasteiger partial charge in [-0.25, -0.2) is 0 Å². The number of nitrogens with one attached hydrogen (secondary N) is 1. The molecule has 0 aliphatic rings. The lowest BCUT2D eigenvalue weighted by molar-refractivity contribution is -0.384. The van der Waals surface area contributed by atoms with Crippen LogP contribution in [0.25, 0.3) is 0 Å². The van der Waals surface area contributed by atoms with Gasteiger partial charge in [-0.2, -0.15) is 0 Å². The van der Waals surface area contributed by atoms with Gasteiger partial charge in [-0.3, -0.25) is 19.7 Å². The van der Waals surface area contributed by atoms with Crippen molar-refractivity contribution >= 4 is 29.3 Å². The topological polar surface area (TPSA) is 92.6 Å². The molecule has 24 heavy (non-hydrogen) atoms. The second kappa shape index (κ2) is 8.68. The summed E-state index contributed by atoms with van der Waals surface area (Å²) >= 11 is 1.29. The maximum atomic E-state index is 12.2. The number of hydrogen-bond acceptors (Lipinski definition) is 5. The predicted molar refractivity (Wildman–Crippen MR) is 94.0 cm³/mol. The van der Waals surface area contributed by atoms with Gasteiger partial charge in [-0.05, 0) is 39.8 Å². The molecule has 0 aromatic heterocycles. The van der Waals surface area contributed by atoms with E-state index < -0.39 is 4.92 Å². The Hall–Kier alpha value is -2.09. The molecule has 0 fully saturated rings. The Morgan fingerprint density at radius 2 is 1.83 bits per heavy atom. The number of nitro benzene ring substituents is 1. The van der Waals surface area contributed by atoms with Crippen molar-refractivity contribution < 1.29 is 14.5 Å². The average Bonchev–Trinajstić information content (AvgIpc) is 2.48. The number of nitrogens with zero attached hydrogens (tertiary/aromatic N) is 2. The maximum Gasteiger partial charge on any atom is 0.269 e. The first-order valence-electron chi connectivity index (χ1n) is 7.58. The predicted octanol–water partition coefficient (Wildman–Crippen LogP) is 2.45. The number of non-ortho nitro benzene ring substituents is 1. The first-order valence-corrected chi connectivity index (χ1v) is 8.57. The van der Waals surface area contributed by atoms with Crippen LogP contribution in [0, 0.1) is 10.1 Å². The highest BCUT2D eigenvalue weighted by atomic mass is 32.2. The Morgan fingerprint density at radius 1 is 1.25 bits per heavy atom. The zero-order valence-electron chi connectivity index (χ0n) is 14.4. The second-order valence-corrected chi connectivity index (χ2v) is 7.29. The van der Waals surface area contributed by atoms with Gasteiger partial charge in [0.25, 0.3) is 5.69 Å². The van der Waals surface area contributed by atoms with Gasteiger partial charge in [0, 0.05) is 29.1 Å². The van der Waals surface area contributed by atoms with Gasteiger partial charge >= 0.3 is 0 Å². The van der Waals surface area contributed by atoms with E-state index in [1.165, 1.54) is 28.8 Å². The SMILES string of the molecule is CCN(CC(=O)NC(C)(C)C)C(=O)CSc1ccc([N+](=O)[O-])cc1. The molecule has 0 heterocycles. The number of nitro groups is 1. The highest BCUT2D eigenvalue weighted by Crippen LogP contribution is 2.21.